The van der Waals surface area contributed by atoms with Crippen molar-refractivity contribution in [2.75, 3.05) is 40.8 Å². The van der Waals surface area contributed by atoms with Crippen molar-refractivity contribution in [3.63, 3.8) is 0 Å². The molecule has 2 aliphatic rings. The number of hydrogen-bond acceptors (Lipinski definition) is 7. The Morgan fingerprint density at radius 2 is 2.12 bits per heavy atom. The topological polar surface area (TPSA) is 83.1 Å². The van der Waals surface area contributed by atoms with Crippen molar-refractivity contribution in [1.82, 2.24) is 19.7 Å². The highest BCUT2D eigenvalue weighted by Crippen LogP contribution is 2.43. The van der Waals surface area contributed by atoms with Crippen LogP contribution in [0.1, 0.15) is 48.7 Å². The van der Waals surface area contributed by atoms with Gasteiger partial charge < -0.3 is 14.5 Å². The summed E-state index contributed by atoms with van der Waals surface area (Å²) >= 11 is 1.55. The molecule has 3 amide bonds. The fourth-order valence-electron chi connectivity index (χ4n) is 4.96. The molecule has 0 bridgehead atoms. The van der Waals surface area contributed by atoms with E-state index in [0.717, 1.165) is 24.3 Å². The summed E-state index contributed by atoms with van der Waals surface area (Å²) in [7, 11) is 5.37. The SMILES string of the molecule is COc1cccc([C@@]2(CC(=O)N3CCCC[C@H]3c3nccs3)CC(=O)N(CCN(C)C)C2=O)c1. The molecule has 2 aromatic rings. The molecule has 2 aliphatic heterocycles. The molecule has 9 heteroatoms. The Hall–Kier alpha value is -2.78. The van der Waals surface area contributed by atoms with E-state index in [9.17, 15) is 14.4 Å². The molecule has 4 rings (SSSR count). The second kappa shape index (κ2) is 10.2. The van der Waals surface area contributed by atoms with Crippen LogP contribution in [0.4, 0.5) is 0 Å². The van der Waals surface area contributed by atoms with Crippen LogP contribution < -0.4 is 4.74 Å². The first-order chi connectivity index (χ1) is 16.4. The van der Waals surface area contributed by atoms with Crippen molar-refractivity contribution in [2.24, 2.45) is 0 Å². The van der Waals surface area contributed by atoms with Gasteiger partial charge in [-0.05, 0) is 51.1 Å². The molecule has 3 heterocycles. The summed E-state index contributed by atoms with van der Waals surface area (Å²) in [5, 5.41) is 2.84. The summed E-state index contributed by atoms with van der Waals surface area (Å²) in [6.45, 7) is 1.50. The van der Waals surface area contributed by atoms with Gasteiger partial charge in [-0.3, -0.25) is 19.3 Å². The van der Waals surface area contributed by atoms with E-state index in [-0.39, 0.29) is 36.6 Å². The Morgan fingerprint density at radius 3 is 2.82 bits per heavy atom. The van der Waals surface area contributed by atoms with Gasteiger partial charge in [-0.15, -0.1) is 11.3 Å². The van der Waals surface area contributed by atoms with Crippen LogP contribution in [-0.4, -0.2) is 78.2 Å². The molecule has 0 radical (unpaired) electrons. The maximum Gasteiger partial charge on any atom is 0.240 e. The molecule has 0 saturated carbocycles. The number of imide groups is 1. The lowest BCUT2D eigenvalue weighted by Gasteiger charge is -2.37. The second-order valence-corrected chi connectivity index (χ2v) is 10.2. The van der Waals surface area contributed by atoms with Crippen molar-refractivity contribution >= 4 is 29.1 Å². The zero-order valence-electron chi connectivity index (χ0n) is 20.0. The van der Waals surface area contributed by atoms with Crippen molar-refractivity contribution in [3.05, 3.63) is 46.4 Å². The lowest BCUT2D eigenvalue weighted by atomic mass is 9.75. The average Bonchev–Trinajstić information content (AvgIpc) is 3.45. The number of carbonyl (C=O) groups is 3. The first-order valence-electron chi connectivity index (χ1n) is 11.7. The van der Waals surface area contributed by atoms with Gasteiger partial charge in [-0.1, -0.05) is 12.1 Å². The van der Waals surface area contributed by atoms with Gasteiger partial charge in [0.25, 0.3) is 0 Å². The Labute approximate surface area is 204 Å². The Morgan fingerprint density at radius 1 is 1.29 bits per heavy atom. The number of aromatic nitrogens is 1. The number of rotatable bonds is 8. The molecule has 2 saturated heterocycles. The Kier molecular flexibility index (Phi) is 7.33. The maximum absolute atomic E-state index is 13.8. The van der Waals surface area contributed by atoms with Crippen LogP contribution >= 0.6 is 11.3 Å². The summed E-state index contributed by atoms with van der Waals surface area (Å²) in [6.07, 6.45) is 4.50. The smallest absolute Gasteiger partial charge is 0.240 e. The number of hydrogen-bond donors (Lipinski definition) is 0. The molecule has 2 fully saturated rings. The van der Waals surface area contributed by atoms with E-state index in [2.05, 4.69) is 4.98 Å². The van der Waals surface area contributed by atoms with Crippen LogP contribution in [0.25, 0.3) is 0 Å². The Bertz CT molecular complexity index is 1040. The first kappa shape index (κ1) is 24.3. The third-order valence-electron chi connectivity index (χ3n) is 6.81. The van der Waals surface area contributed by atoms with Gasteiger partial charge in [0.1, 0.15) is 10.8 Å². The van der Waals surface area contributed by atoms with Crippen LogP contribution in [0.15, 0.2) is 35.8 Å². The third kappa shape index (κ3) is 4.72. The number of piperidine rings is 1. The van der Waals surface area contributed by atoms with Crippen molar-refractivity contribution in [2.45, 2.75) is 43.6 Å². The quantitative estimate of drug-likeness (QED) is 0.536. The van der Waals surface area contributed by atoms with E-state index in [1.165, 1.54) is 4.90 Å². The van der Waals surface area contributed by atoms with Crippen molar-refractivity contribution in [3.8, 4) is 5.75 Å². The summed E-state index contributed by atoms with van der Waals surface area (Å²) in [5.74, 6) is -0.0605. The molecule has 0 N–H and O–H groups in total. The number of ether oxygens (including phenoxy) is 1. The highest BCUT2D eigenvalue weighted by molar-refractivity contribution is 7.09. The number of likely N-dealkylation sites (N-methyl/N-ethyl adjacent to an activating group) is 1. The van der Waals surface area contributed by atoms with Gasteiger partial charge in [-0.2, -0.15) is 0 Å². The minimum absolute atomic E-state index is 0.0199. The summed E-state index contributed by atoms with van der Waals surface area (Å²) in [4.78, 5) is 50.3. The summed E-state index contributed by atoms with van der Waals surface area (Å²) in [6, 6.07) is 7.13. The normalized spacial score (nSPS) is 23.1. The third-order valence-corrected chi connectivity index (χ3v) is 7.69. The summed E-state index contributed by atoms with van der Waals surface area (Å²) in [5.41, 5.74) is -0.589. The van der Waals surface area contributed by atoms with Gasteiger partial charge in [0.15, 0.2) is 0 Å². The van der Waals surface area contributed by atoms with Gasteiger partial charge in [0.05, 0.1) is 18.6 Å². The molecule has 0 aliphatic carbocycles. The predicted octanol–water partition coefficient (Wildman–Crippen LogP) is 2.85. The van der Waals surface area contributed by atoms with Crippen molar-refractivity contribution < 1.29 is 19.1 Å². The average molecular weight is 485 g/mol. The van der Waals surface area contributed by atoms with Crippen LogP contribution in [0.3, 0.4) is 0 Å². The molecule has 2 atom stereocenters. The van der Waals surface area contributed by atoms with E-state index in [0.29, 0.717) is 30.9 Å². The number of amides is 3. The van der Waals surface area contributed by atoms with E-state index in [4.69, 9.17) is 4.74 Å². The Balaban J connectivity index is 1.68. The zero-order chi connectivity index (χ0) is 24.3. The number of nitrogens with zero attached hydrogens (tertiary/aromatic N) is 4. The largest absolute Gasteiger partial charge is 0.497 e. The van der Waals surface area contributed by atoms with Gasteiger partial charge in [-0.25, -0.2) is 4.98 Å². The van der Waals surface area contributed by atoms with Crippen LogP contribution in [0.2, 0.25) is 0 Å². The van der Waals surface area contributed by atoms with Gasteiger partial charge in [0.2, 0.25) is 17.7 Å². The lowest BCUT2D eigenvalue weighted by Crippen LogP contribution is -2.46. The molecular weight excluding hydrogens is 452 g/mol. The molecule has 0 unspecified atom stereocenters. The number of methoxy groups -OCH3 is 1. The van der Waals surface area contributed by atoms with Crippen molar-refractivity contribution in [1.29, 1.82) is 0 Å². The van der Waals surface area contributed by atoms with Gasteiger partial charge in [0, 0.05) is 44.1 Å². The molecule has 1 aromatic carbocycles. The van der Waals surface area contributed by atoms with E-state index in [1.54, 1.807) is 42.8 Å². The second-order valence-electron chi connectivity index (χ2n) is 9.29. The number of likely N-dealkylation sites (tertiary alicyclic amines) is 2. The van der Waals surface area contributed by atoms with Gasteiger partial charge >= 0.3 is 0 Å². The fourth-order valence-corrected chi connectivity index (χ4v) is 5.74. The standard InChI is InChI=1S/C25H32N4O4S/c1-27(2)12-13-29-22(31)17-25(24(29)32,18-7-6-8-19(15-18)33-3)16-21(30)28-11-5-4-9-20(28)23-26-10-14-34-23/h6-8,10,14-15,20H,4-5,9,11-13,16-17H2,1-3H3/t20-,25+/m0/s1. The minimum atomic E-state index is -1.24. The molecule has 0 spiro atoms. The monoisotopic (exact) mass is 484 g/mol. The van der Waals surface area contributed by atoms with E-state index >= 15 is 0 Å². The molecule has 8 nitrogen and oxygen atoms in total. The first-order valence-corrected chi connectivity index (χ1v) is 12.6. The molecular formula is C25H32N4O4S. The molecule has 1 aromatic heterocycles. The maximum atomic E-state index is 13.8. The predicted molar refractivity (Wildman–Crippen MR) is 130 cm³/mol. The highest BCUT2D eigenvalue weighted by Gasteiger charge is 2.54. The van der Waals surface area contributed by atoms with Crippen LogP contribution in [0.5, 0.6) is 5.75 Å². The van der Waals surface area contributed by atoms with Crippen LogP contribution in [-0.2, 0) is 19.8 Å². The van der Waals surface area contributed by atoms with E-state index in [1.807, 2.05) is 35.3 Å². The number of thiazole rings is 1. The minimum Gasteiger partial charge on any atom is -0.497 e. The number of benzene rings is 1. The van der Waals surface area contributed by atoms with Crippen LogP contribution in [0, 0.1) is 0 Å². The fraction of sp³-hybridized carbons (Fsp3) is 0.520. The van der Waals surface area contributed by atoms with E-state index < -0.39 is 5.41 Å². The molecule has 182 valence electrons. The number of carbonyl (C=O) groups excluding carboxylic acids is 3. The highest BCUT2D eigenvalue weighted by atomic mass is 32.1. The zero-order valence-corrected chi connectivity index (χ0v) is 20.8. The summed E-state index contributed by atoms with van der Waals surface area (Å²) < 4.78 is 5.40. The lowest BCUT2D eigenvalue weighted by molar-refractivity contribution is -0.144. The molecule has 34 heavy (non-hydrogen) atoms.